The lowest BCUT2D eigenvalue weighted by molar-refractivity contribution is -0.115. The molecule has 3 aromatic carbocycles. The van der Waals surface area contributed by atoms with E-state index >= 15 is 0 Å². The molecule has 238 valence electrons. The van der Waals surface area contributed by atoms with Crippen LogP contribution in [0, 0.1) is 5.92 Å². The van der Waals surface area contributed by atoms with Crippen LogP contribution >= 0.6 is 0 Å². The van der Waals surface area contributed by atoms with E-state index in [-0.39, 0.29) is 11.8 Å². The minimum Gasteiger partial charge on any atom is -0.472 e. The summed E-state index contributed by atoms with van der Waals surface area (Å²) in [5.74, 6) is 0.175. The summed E-state index contributed by atoms with van der Waals surface area (Å²) >= 11 is 0. The van der Waals surface area contributed by atoms with E-state index in [1.54, 1.807) is 12.5 Å². The van der Waals surface area contributed by atoms with E-state index in [2.05, 4.69) is 68.3 Å². The van der Waals surface area contributed by atoms with E-state index in [9.17, 15) is 4.79 Å². The third-order valence-corrected chi connectivity index (χ3v) is 9.20. The molecule has 0 spiro atoms. The van der Waals surface area contributed by atoms with Crippen molar-refractivity contribution >= 4 is 34.3 Å². The van der Waals surface area contributed by atoms with Crippen molar-refractivity contribution in [1.29, 1.82) is 0 Å². The molecule has 0 saturated heterocycles. The predicted octanol–water partition coefficient (Wildman–Crippen LogP) is 9.87. The van der Waals surface area contributed by atoms with Crippen LogP contribution in [-0.2, 0) is 24.1 Å². The molecule has 6 rings (SSSR count). The zero-order valence-corrected chi connectivity index (χ0v) is 27.6. The van der Waals surface area contributed by atoms with Gasteiger partial charge in [-0.1, -0.05) is 68.8 Å². The Kier molecular flexibility index (Phi) is 9.48. The fourth-order valence-electron chi connectivity index (χ4n) is 6.45. The highest BCUT2D eigenvalue weighted by Gasteiger charge is 2.29. The largest absolute Gasteiger partial charge is 0.472 e. The Morgan fingerprint density at radius 2 is 1.77 bits per heavy atom. The zero-order valence-electron chi connectivity index (χ0n) is 27.6. The first kappa shape index (κ1) is 31.7. The highest BCUT2D eigenvalue weighted by atomic mass is 16.3. The number of carbonyl (C=O) groups excluding carboxylic acids is 1. The molecule has 0 bridgehead atoms. The van der Waals surface area contributed by atoms with Crippen molar-refractivity contribution in [3.63, 3.8) is 0 Å². The molecule has 1 aliphatic heterocycles. The molecular formula is C41H42N4O2. The highest BCUT2D eigenvalue weighted by Crippen LogP contribution is 2.42. The Labute approximate surface area is 277 Å². The van der Waals surface area contributed by atoms with E-state index in [0.29, 0.717) is 12.1 Å². The summed E-state index contributed by atoms with van der Waals surface area (Å²) in [5.41, 5.74) is 21.1. The zero-order chi connectivity index (χ0) is 32.9. The van der Waals surface area contributed by atoms with Gasteiger partial charge in [0, 0.05) is 45.8 Å². The van der Waals surface area contributed by atoms with Crippen LogP contribution in [0.5, 0.6) is 0 Å². The van der Waals surface area contributed by atoms with Gasteiger partial charge >= 0.3 is 0 Å². The molecule has 6 heteroatoms. The van der Waals surface area contributed by atoms with Crippen molar-refractivity contribution in [3.05, 3.63) is 126 Å². The molecule has 3 N–H and O–H groups in total. The number of amides is 1. The van der Waals surface area contributed by atoms with Crippen LogP contribution in [0.15, 0.2) is 113 Å². The van der Waals surface area contributed by atoms with Crippen molar-refractivity contribution < 1.29 is 9.21 Å². The van der Waals surface area contributed by atoms with Gasteiger partial charge in [0.15, 0.2) is 0 Å². The van der Waals surface area contributed by atoms with E-state index < -0.39 is 0 Å². The van der Waals surface area contributed by atoms with Gasteiger partial charge in [0.2, 0.25) is 5.91 Å². The monoisotopic (exact) mass is 622 g/mol. The van der Waals surface area contributed by atoms with Gasteiger partial charge in [-0.3, -0.25) is 14.8 Å². The summed E-state index contributed by atoms with van der Waals surface area (Å²) in [4.78, 5) is 22.9. The Bertz CT molecular complexity index is 1960. The van der Waals surface area contributed by atoms with Gasteiger partial charge in [-0.25, -0.2) is 0 Å². The number of aromatic nitrogens is 1. The second-order valence-corrected chi connectivity index (χ2v) is 12.3. The van der Waals surface area contributed by atoms with Crippen molar-refractivity contribution in [2.24, 2.45) is 10.9 Å². The molecular weight excluding hydrogens is 580 g/mol. The fourth-order valence-corrected chi connectivity index (χ4v) is 6.45. The molecule has 0 radical (unpaired) electrons. The van der Waals surface area contributed by atoms with Crippen molar-refractivity contribution in [2.45, 2.75) is 59.8 Å². The summed E-state index contributed by atoms with van der Waals surface area (Å²) in [6.45, 7) is 8.73. The molecule has 47 heavy (non-hydrogen) atoms. The molecule has 0 saturated carbocycles. The summed E-state index contributed by atoms with van der Waals surface area (Å²) < 4.78 is 5.40. The number of nitrogens with two attached hydrogens (primary N) is 1. The number of pyridine rings is 1. The predicted molar refractivity (Wildman–Crippen MR) is 194 cm³/mol. The quantitative estimate of drug-likeness (QED) is 0.152. The number of benzene rings is 3. The van der Waals surface area contributed by atoms with Crippen molar-refractivity contribution in [2.75, 3.05) is 11.1 Å². The Balaban J connectivity index is 1.40. The van der Waals surface area contributed by atoms with Crippen LogP contribution in [0.3, 0.4) is 0 Å². The maximum Gasteiger partial charge on any atom is 0.228 e. The number of aliphatic imine (C=N–C) groups is 1. The molecule has 6 nitrogen and oxygen atoms in total. The van der Waals surface area contributed by atoms with Gasteiger partial charge in [-0.2, -0.15) is 0 Å². The summed E-state index contributed by atoms with van der Waals surface area (Å²) in [6.07, 6.45) is 11.1. The second-order valence-electron chi connectivity index (χ2n) is 12.3. The molecule has 2 aromatic heterocycles. The van der Waals surface area contributed by atoms with Crippen LogP contribution in [0.2, 0.25) is 0 Å². The van der Waals surface area contributed by atoms with E-state index in [1.165, 1.54) is 11.1 Å². The molecule has 0 aliphatic carbocycles. The Morgan fingerprint density at radius 3 is 2.49 bits per heavy atom. The molecule has 1 amide bonds. The van der Waals surface area contributed by atoms with Gasteiger partial charge in [0.1, 0.15) is 0 Å². The van der Waals surface area contributed by atoms with Gasteiger partial charge in [-0.05, 0) is 90.8 Å². The normalized spacial score (nSPS) is 14.6. The number of anilines is 2. The third kappa shape index (κ3) is 6.82. The molecule has 1 atom stereocenters. The second kappa shape index (κ2) is 14.0. The SMILES string of the molecule is CCC(C)=C(C1=Nc2cncc(-c3ccoc3)c2CC1CC)c1cc(-c2cc(CC)cc(NC(=O)Cc3ccccc3)c2)ccc1N. The van der Waals surface area contributed by atoms with E-state index in [4.69, 9.17) is 15.1 Å². The lowest BCUT2D eigenvalue weighted by atomic mass is 9.79. The average molecular weight is 623 g/mol. The number of carbonyl (C=O) groups is 1. The highest BCUT2D eigenvalue weighted by molar-refractivity contribution is 6.28. The number of rotatable bonds is 10. The first-order valence-corrected chi connectivity index (χ1v) is 16.5. The van der Waals surface area contributed by atoms with Crippen molar-refractivity contribution in [3.8, 4) is 22.3 Å². The molecule has 1 aliphatic rings. The first-order valence-electron chi connectivity index (χ1n) is 16.5. The first-order chi connectivity index (χ1) is 22.9. The molecule has 5 aromatic rings. The standard InChI is InChI=1S/C41H42N4O2/c1-5-26(4)40(41-29(7-3)21-34-36(31-15-16-47-25-31)23-43-24-38(34)45-41)35-22-30(13-14-37(35)42)32-17-27(6-2)18-33(20-32)44-39(46)19-28-11-9-8-10-12-28/h8-18,20,22-25,29H,5-7,19,21,42H2,1-4H3,(H,44,46). The van der Waals surface area contributed by atoms with Gasteiger partial charge in [0.05, 0.1) is 36.5 Å². The molecule has 1 unspecified atom stereocenters. The van der Waals surface area contributed by atoms with Crippen LogP contribution in [0.4, 0.5) is 17.1 Å². The number of aryl methyl sites for hydroxylation is 1. The molecule has 0 fully saturated rings. The summed E-state index contributed by atoms with van der Waals surface area (Å²) in [7, 11) is 0. The van der Waals surface area contributed by atoms with Gasteiger partial charge in [0.25, 0.3) is 0 Å². The Morgan fingerprint density at radius 1 is 0.936 bits per heavy atom. The number of hydrogen-bond donors (Lipinski definition) is 2. The van der Waals surface area contributed by atoms with Gasteiger partial charge < -0.3 is 15.5 Å². The topological polar surface area (TPSA) is 93.5 Å². The number of hydrogen-bond acceptors (Lipinski definition) is 5. The van der Waals surface area contributed by atoms with E-state index in [1.807, 2.05) is 54.9 Å². The Hall–Kier alpha value is -5.23. The number of fused-ring (bicyclic) bond motifs is 1. The third-order valence-electron chi connectivity index (χ3n) is 9.20. The van der Waals surface area contributed by atoms with Crippen LogP contribution < -0.4 is 11.1 Å². The van der Waals surface area contributed by atoms with Gasteiger partial charge in [-0.15, -0.1) is 0 Å². The van der Waals surface area contributed by atoms with Crippen LogP contribution in [-0.4, -0.2) is 16.6 Å². The number of furan rings is 1. The number of nitrogens with one attached hydrogen (secondary N) is 1. The lowest BCUT2D eigenvalue weighted by Crippen LogP contribution is -2.23. The van der Waals surface area contributed by atoms with Crippen LogP contribution in [0.1, 0.15) is 62.8 Å². The average Bonchev–Trinajstić information content (AvgIpc) is 3.63. The van der Waals surface area contributed by atoms with E-state index in [0.717, 1.165) is 87.3 Å². The van der Waals surface area contributed by atoms with Crippen molar-refractivity contribution in [1.82, 2.24) is 4.98 Å². The number of nitrogen functional groups attached to an aromatic ring is 1. The fraction of sp³-hybridized carbons (Fsp3) is 0.244. The maximum atomic E-state index is 13.0. The lowest BCUT2D eigenvalue weighted by Gasteiger charge is -2.29. The summed E-state index contributed by atoms with van der Waals surface area (Å²) in [6, 6.07) is 24.4. The number of allylic oxidation sites excluding steroid dienone is 2. The number of nitrogens with zero attached hydrogens (tertiary/aromatic N) is 2. The molecule has 3 heterocycles. The van der Waals surface area contributed by atoms with Crippen LogP contribution in [0.25, 0.3) is 27.8 Å². The maximum absolute atomic E-state index is 13.0. The minimum absolute atomic E-state index is 0.0381. The minimum atomic E-state index is -0.0381. The summed E-state index contributed by atoms with van der Waals surface area (Å²) in [5, 5.41) is 3.14. The smallest absolute Gasteiger partial charge is 0.228 e.